The van der Waals surface area contributed by atoms with Crippen molar-refractivity contribution < 1.29 is 0 Å². The first-order valence-corrected chi connectivity index (χ1v) is 8.98. The van der Waals surface area contributed by atoms with Crippen LogP contribution in [0.2, 0.25) is 0 Å². The topological polar surface area (TPSA) is 37.0 Å². The fraction of sp³-hybridized carbons (Fsp3) is 0.316. The average molecular weight is 325 g/mol. The molecule has 0 unspecified atom stereocenters. The molecular weight excluding hydrogens is 302 g/mol. The van der Waals surface area contributed by atoms with Crippen molar-refractivity contribution in [2.75, 3.05) is 25.0 Å². The van der Waals surface area contributed by atoms with Gasteiger partial charge in [-0.25, -0.2) is 4.98 Å². The SMILES string of the molecule is C=C/C=C(\C=C)c1cc(NCC2CCNCC2)c2ccsc2n1. The van der Waals surface area contributed by atoms with E-state index in [-0.39, 0.29) is 0 Å². The number of rotatable bonds is 6. The maximum Gasteiger partial charge on any atom is 0.126 e. The molecule has 0 amide bonds. The molecule has 0 radical (unpaired) electrons. The van der Waals surface area contributed by atoms with E-state index in [1.807, 2.05) is 12.2 Å². The van der Waals surface area contributed by atoms with Crippen LogP contribution in [-0.4, -0.2) is 24.6 Å². The van der Waals surface area contributed by atoms with Crippen LogP contribution in [0.25, 0.3) is 15.8 Å². The molecule has 4 heteroatoms. The normalized spacial score (nSPS) is 16.4. The van der Waals surface area contributed by atoms with Crippen LogP contribution < -0.4 is 10.6 Å². The van der Waals surface area contributed by atoms with Crippen molar-refractivity contribution in [2.45, 2.75) is 12.8 Å². The summed E-state index contributed by atoms with van der Waals surface area (Å²) in [7, 11) is 0. The lowest BCUT2D eigenvalue weighted by Crippen LogP contribution is -2.31. The van der Waals surface area contributed by atoms with Gasteiger partial charge < -0.3 is 10.6 Å². The molecule has 1 fully saturated rings. The highest BCUT2D eigenvalue weighted by molar-refractivity contribution is 7.16. The predicted molar refractivity (Wildman–Crippen MR) is 102 cm³/mol. The van der Waals surface area contributed by atoms with Gasteiger partial charge in [0.1, 0.15) is 4.83 Å². The lowest BCUT2D eigenvalue weighted by molar-refractivity contribution is 0.390. The number of nitrogens with one attached hydrogen (secondary N) is 2. The molecule has 2 aromatic heterocycles. The van der Waals surface area contributed by atoms with Crippen molar-refractivity contribution in [3.63, 3.8) is 0 Å². The van der Waals surface area contributed by atoms with Gasteiger partial charge in [-0.1, -0.05) is 31.4 Å². The maximum atomic E-state index is 4.76. The number of fused-ring (bicyclic) bond motifs is 1. The molecule has 1 aliphatic heterocycles. The average Bonchev–Trinajstić information content (AvgIpc) is 3.07. The highest BCUT2D eigenvalue weighted by Gasteiger charge is 2.14. The largest absolute Gasteiger partial charge is 0.384 e. The van der Waals surface area contributed by atoms with Crippen LogP contribution in [0.5, 0.6) is 0 Å². The van der Waals surface area contributed by atoms with E-state index in [9.17, 15) is 0 Å². The summed E-state index contributed by atoms with van der Waals surface area (Å²) in [6, 6.07) is 4.28. The summed E-state index contributed by atoms with van der Waals surface area (Å²) in [4.78, 5) is 5.82. The Balaban J connectivity index is 1.88. The number of anilines is 1. The summed E-state index contributed by atoms with van der Waals surface area (Å²) < 4.78 is 0. The van der Waals surface area contributed by atoms with E-state index in [0.29, 0.717) is 0 Å². The van der Waals surface area contributed by atoms with E-state index < -0.39 is 0 Å². The highest BCUT2D eigenvalue weighted by Crippen LogP contribution is 2.30. The van der Waals surface area contributed by atoms with E-state index in [0.717, 1.165) is 41.6 Å². The molecule has 0 saturated carbocycles. The Morgan fingerprint density at radius 3 is 2.96 bits per heavy atom. The highest BCUT2D eigenvalue weighted by atomic mass is 32.1. The summed E-state index contributed by atoms with van der Waals surface area (Å²) >= 11 is 1.67. The third-order valence-corrected chi connectivity index (χ3v) is 5.10. The quantitative estimate of drug-likeness (QED) is 0.770. The minimum atomic E-state index is 0.740. The number of thiophene rings is 1. The van der Waals surface area contributed by atoms with Gasteiger partial charge in [0, 0.05) is 17.6 Å². The number of allylic oxidation sites excluding steroid dienone is 4. The Bertz CT molecular complexity index is 723. The molecule has 23 heavy (non-hydrogen) atoms. The molecule has 0 bridgehead atoms. The van der Waals surface area contributed by atoms with Crippen LogP contribution in [-0.2, 0) is 0 Å². The van der Waals surface area contributed by atoms with Gasteiger partial charge in [-0.05, 0) is 54.9 Å². The van der Waals surface area contributed by atoms with E-state index >= 15 is 0 Å². The zero-order valence-electron chi connectivity index (χ0n) is 13.3. The van der Waals surface area contributed by atoms with Crippen molar-refractivity contribution in [1.29, 1.82) is 0 Å². The van der Waals surface area contributed by atoms with Crippen molar-refractivity contribution >= 4 is 32.8 Å². The van der Waals surface area contributed by atoms with Gasteiger partial charge in [-0.2, -0.15) is 0 Å². The molecular formula is C19H23N3S. The molecule has 1 saturated heterocycles. The van der Waals surface area contributed by atoms with Gasteiger partial charge >= 0.3 is 0 Å². The van der Waals surface area contributed by atoms with Crippen LogP contribution in [0.15, 0.2) is 48.9 Å². The Morgan fingerprint density at radius 1 is 1.39 bits per heavy atom. The predicted octanol–water partition coefficient (Wildman–Crippen LogP) is 4.46. The zero-order chi connectivity index (χ0) is 16.1. The van der Waals surface area contributed by atoms with E-state index in [1.54, 1.807) is 17.4 Å². The Morgan fingerprint density at radius 2 is 2.22 bits per heavy atom. The number of hydrogen-bond donors (Lipinski definition) is 2. The van der Waals surface area contributed by atoms with E-state index in [4.69, 9.17) is 4.98 Å². The summed E-state index contributed by atoms with van der Waals surface area (Å²) in [5.74, 6) is 0.740. The van der Waals surface area contributed by atoms with Gasteiger partial charge in [0.05, 0.1) is 5.69 Å². The van der Waals surface area contributed by atoms with Crippen molar-refractivity contribution in [2.24, 2.45) is 5.92 Å². The summed E-state index contributed by atoms with van der Waals surface area (Å²) in [6.45, 7) is 10.9. The summed E-state index contributed by atoms with van der Waals surface area (Å²) in [5.41, 5.74) is 3.12. The van der Waals surface area contributed by atoms with Crippen LogP contribution in [0.1, 0.15) is 18.5 Å². The molecule has 0 atom stereocenters. The fourth-order valence-corrected chi connectivity index (χ4v) is 3.76. The third-order valence-electron chi connectivity index (χ3n) is 4.29. The maximum absolute atomic E-state index is 4.76. The number of aromatic nitrogens is 1. The summed E-state index contributed by atoms with van der Waals surface area (Å²) in [6.07, 6.45) is 8.04. The lowest BCUT2D eigenvalue weighted by atomic mass is 9.98. The van der Waals surface area contributed by atoms with Gasteiger partial charge in [0.2, 0.25) is 0 Å². The number of pyridine rings is 1. The van der Waals surface area contributed by atoms with E-state index in [1.165, 1.54) is 23.9 Å². The van der Waals surface area contributed by atoms with Crippen molar-refractivity contribution in [1.82, 2.24) is 10.3 Å². The Kier molecular flexibility index (Phi) is 5.26. The van der Waals surface area contributed by atoms with Crippen LogP contribution in [0.4, 0.5) is 5.69 Å². The Hall–Kier alpha value is -1.91. The number of piperidine rings is 1. The fourth-order valence-electron chi connectivity index (χ4n) is 2.97. The smallest absolute Gasteiger partial charge is 0.126 e. The summed E-state index contributed by atoms with van der Waals surface area (Å²) in [5, 5.41) is 10.4. The van der Waals surface area contributed by atoms with Gasteiger partial charge in [-0.15, -0.1) is 11.3 Å². The van der Waals surface area contributed by atoms with Gasteiger partial charge in [0.15, 0.2) is 0 Å². The third kappa shape index (κ3) is 3.71. The molecule has 2 aromatic rings. The van der Waals surface area contributed by atoms with E-state index in [2.05, 4.69) is 41.3 Å². The molecule has 3 nitrogen and oxygen atoms in total. The van der Waals surface area contributed by atoms with Crippen LogP contribution in [0.3, 0.4) is 0 Å². The van der Waals surface area contributed by atoms with Gasteiger partial charge in [0.25, 0.3) is 0 Å². The first-order chi connectivity index (χ1) is 11.3. The van der Waals surface area contributed by atoms with Crippen LogP contribution in [0, 0.1) is 5.92 Å². The molecule has 1 aliphatic rings. The standard InChI is InChI=1S/C19H23N3S/c1-3-5-15(4-2)17-12-18(16-8-11-23-19(16)22-17)21-13-14-6-9-20-10-7-14/h3-5,8,11-12,14,20H,1-2,6-7,9-10,13H2,(H,21,22)/b15-5+. The monoisotopic (exact) mass is 325 g/mol. The van der Waals surface area contributed by atoms with Crippen molar-refractivity contribution in [3.8, 4) is 0 Å². The second kappa shape index (κ2) is 7.57. The lowest BCUT2D eigenvalue weighted by Gasteiger charge is -2.23. The van der Waals surface area contributed by atoms with Crippen molar-refractivity contribution in [3.05, 3.63) is 54.6 Å². The van der Waals surface area contributed by atoms with Crippen LogP contribution >= 0.6 is 11.3 Å². The molecule has 0 aromatic carbocycles. The first-order valence-electron chi connectivity index (χ1n) is 8.10. The molecule has 3 rings (SSSR count). The number of nitrogens with zero attached hydrogens (tertiary/aromatic N) is 1. The molecule has 120 valence electrons. The Labute approximate surface area is 141 Å². The first kappa shape index (κ1) is 16.0. The molecule has 3 heterocycles. The zero-order valence-corrected chi connectivity index (χ0v) is 14.2. The van der Waals surface area contributed by atoms with Gasteiger partial charge in [-0.3, -0.25) is 0 Å². The minimum Gasteiger partial charge on any atom is -0.384 e. The molecule has 0 spiro atoms. The molecule has 2 N–H and O–H groups in total. The second-order valence-corrected chi connectivity index (χ2v) is 6.73. The molecule has 0 aliphatic carbocycles. The number of hydrogen-bond acceptors (Lipinski definition) is 4. The minimum absolute atomic E-state index is 0.740. The second-order valence-electron chi connectivity index (χ2n) is 5.83.